The van der Waals surface area contributed by atoms with E-state index in [1.165, 1.54) is 12.1 Å². The third-order valence-corrected chi connectivity index (χ3v) is 2.61. The van der Waals surface area contributed by atoms with Crippen LogP contribution in [0, 0.1) is 15.9 Å². The Kier molecular flexibility index (Phi) is 4.80. The highest BCUT2D eigenvalue weighted by Gasteiger charge is 2.23. The quantitative estimate of drug-likeness (QED) is 0.624. The van der Waals surface area contributed by atoms with Crippen molar-refractivity contribution in [3.8, 4) is 0 Å². The van der Waals surface area contributed by atoms with E-state index in [0.29, 0.717) is 12.1 Å². The number of nitrogens with zero attached hydrogens (tertiary/aromatic N) is 1. The molecule has 1 saturated heterocycles. The van der Waals surface area contributed by atoms with E-state index in [0.717, 1.165) is 19.2 Å². The van der Waals surface area contributed by atoms with Gasteiger partial charge in [0.25, 0.3) is 5.69 Å². The van der Waals surface area contributed by atoms with Crippen LogP contribution < -0.4 is 10.6 Å². The summed E-state index contributed by atoms with van der Waals surface area (Å²) in [5.74, 6) is -0.584. The molecule has 0 bridgehead atoms. The number of halogens is 2. The fourth-order valence-electron chi connectivity index (χ4n) is 1.84. The van der Waals surface area contributed by atoms with E-state index in [-0.39, 0.29) is 24.1 Å². The van der Waals surface area contributed by atoms with Gasteiger partial charge in [-0.2, -0.15) is 0 Å². The van der Waals surface area contributed by atoms with E-state index >= 15 is 0 Å². The van der Waals surface area contributed by atoms with Gasteiger partial charge in [0.05, 0.1) is 17.0 Å². The van der Waals surface area contributed by atoms with Gasteiger partial charge in [-0.3, -0.25) is 10.1 Å². The summed E-state index contributed by atoms with van der Waals surface area (Å²) >= 11 is 0. The van der Waals surface area contributed by atoms with Crippen molar-refractivity contribution in [1.29, 1.82) is 0 Å². The molecule has 94 valence electrons. The number of benzene rings is 1. The van der Waals surface area contributed by atoms with Gasteiger partial charge in [0.1, 0.15) is 5.82 Å². The molecule has 1 aromatic carbocycles. The number of hydrogen-bond acceptors (Lipinski definition) is 4. The van der Waals surface area contributed by atoms with Crippen molar-refractivity contribution < 1.29 is 9.31 Å². The highest BCUT2D eigenvalue weighted by molar-refractivity contribution is 5.85. The van der Waals surface area contributed by atoms with Crippen LogP contribution in [-0.2, 0) is 0 Å². The molecule has 0 unspecified atom stereocenters. The zero-order valence-electron chi connectivity index (χ0n) is 8.98. The van der Waals surface area contributed by atoms with E-state index in [1.807, 2.05) is 0 Å². The second-order valence-electron chi connectivity index (χ2n) is 3.67. The molecule has 7 heteroatoms. The van der Waals surface area contributed by atoms with Gasteiger partial charge < -0.3 is 10.6 Å². The number of nitrogens with one attached hydrogen (secondary N) is 2. The Labute approximate surface area is 104 Å². The molecule has 17 heavy (non-hydrogen) atoms. The summed E-state index contributed by atoms with van der Waals surface area (Å²) in [6.45, 7) is 2.21. The lowest BCUT2D eigenvalue weighted by molar-refractivity contribution is -0.386. The topological polar surface area (TPSA) is 67.2 Å². The predicted molar refractivity (Wildman–Crippen MR) is 63.9 cm³/mol. The van der Waals surface area contributed by atoms with E-state index in [4.69, 9.17) is 0 Å². The Morgan fingerprint density at radius 3 is 2.76 bits per heavy atom. The second kappa shape index (κ2) is 5.90. The summed E-state index contributed by atoms with van der Waals surface area (Å²) < 4.78 is 12.9. The fraction of sp³-hybridized carbons (Fsp3) is 0.400. The van der Waals surface area contributed by atoms with Gasteiger partial charge in [-0.15, -0.1) is 12.4 Å². The predicted octanol–water partition coefficient (Wildman–Crippen LogP) is 1.39. The number of nitro groups is 1. The molecule has 0 aromatic heterocycles. The SMILES string of the molecule is Cl.O=[N+]([O-])c1cc(F)ccc1[C@H]1CNCCN1. The molecule has 1 aliphatic rings. The number of piperazine rings is 1. The lowest BCUT2D eigenvalue weighted by Crippen LogP contribution is -2.42. The molecule has 1 fully saturated rings. The Balaban J connectivity index is 0.00000144. The maximum absolute atomic E-state index is 12.9. The average Bonchev–Trinajstić information content (AvgIpc) is 2.30. The van der Waals surface area contributed by atoms with Crippen molar-refractivity contribution in [2.75, 3.05) is 19.6 Å². The van der Waals surface area contributed by atoms with E-state index in [9.17, 15) is 14.5 Å². The van der Waals surface area contributed by atoms with Crippen molar-refractivity contribution in [3.05, 3.63) is 39.7 Å². The first-order chi connectivity index (χ1) is 7.68. The first-order valence-electron chi connectivity index (χ1n) is 5.06. The fourth-order valence-corrected chi connectivity index (χ4v) is 1.84. The highest BCUT2D eigenvalue weighted by Crippen LogP contribution is 2.26. The minimum absolute atomic E-state index is 0. The minimum Gasteiger partial charge on any atom is -0.314 e. The maximum atomic E-state index is 12.9. The van der Waals surface area contributed by atoms with Crippen molar-refractivity contribution >= 4 is 18.1 Å². The summed E-state index contributed by atoms with van der Waals surface area (Å²) in [5.41, 5.74) is 0.361. The first kappa shape index (κ1) is 13.8. The number of rotatable bonds is 2. The van der Waals surface area contributed by atoms with Crippen LogP contribution in [-0.4, -0.2) is 24.6 Å². The molecule has 0 spiro atoms. The van der Waals surface area contributed by atoms with Crippen molar-refractivity contribution in [1.82, 2.24) is 10.6 Å². The highest BCUT2D eigenvalue weighted by atomic mass is 35.5. The van der Waals surface area contributed by atoms with Crippen LogP contribution in [0.25, 0.3) is 0 Å². The van der Waals surface area contributed by atoms with Crippen LogP contribution in [0.3, 0.4) is 0 Å². The van der Waals surface area contributed by atoms with Gasteiger partial charge in [0, 0.05) is 25.2 Å². The van der Waals surface area contributed by atoms with Crippen LogP contribution >= 0.6 is 12.4 Å². The van der Waals surface area contributed by atoms with Crippen molar-refractivity contribution in [3.63, 3.8) is 0 Å². The molecule has 1 heterocycles. The zero-order valence-corrected chi connectivity index (χ0v) is 9.80. The number of hydrogen-bond donors (Lipinski definition) is 2. The molecule has 2 N–H and O–H groups in total. The molecule has 0 radical (unpaired) electrons. The Hall–Kier alpha value is -1.24. The molecule has 2 rings (SSSR count). The Morgan fingerprint density at radius 1 is 1.41 bits per heavy atom. The third kappa shape index (κ3) is 3.12. The summed E-state index contributed by atoms with van der Waals surface area (Å²) in [6, 6.07) is 3.55. The Morgan fingerprint density at radius 2 is 2.18 bits per heavy atom. The monoisotopic (exact) mass is 261 g/mol. The summed E-state index contributed by atoms with van der Waals surface area (Å²) in [7, 11) is 0. The number of nitro benzene ring substituents is 1. The molecule has 5 nitrogen and oxygen atoms in total. The molecule has 0 aliphatic carbocycles. The molecule has 0 amide bonds. The Bertz CT molecular complexity index is 411. The van der Waals surface area contributed by atoms with Crippen LogP contribution in [0.5, 0.6) is 0 Å². The normalized spacial score (nSPS) is 19.5. The minimum atomic E-state index is -0.584. The van der Waals surface area contributed by atoms with E-state index < -0.39 is 10.7 Å². The molecule has 1 aliphatic heterocycles. The zero-order chi connectivity index (χ0) is 11.5. The largest absolute Gasteiger partial charge is 0.314 e. The van der Waals surface area contributed by atoms with E-state index in [1.54, 1.807) is 0 Å². The summed E-state index contributed by atoms with van der Waals surface area (Å²) in [6.07, 6.45) is 0. The van der Waals surface area contributed by atoms with Crippen LogP contribution in [0.4, 0.5) is 10.1 Å². The van der Waals surface area contributed by atoms with Gasteiger partial charge in [0.2, 0.25) is 0 Å². The maximum Gasteiger partial charge on any atom is 0.277 e. The molecule has 1 aromatic rings. The standard InChI is InChI=1S/C10H12FN3O2.ClH/c11-7-1-2-8(10(5-7)14(15)16)9-6-12-3-4-13-9;/h1-2,5,9,12-13H,3-4,6H2;1H/t9-;/m1./s1. The molecule has 1 atom stereocenters. The summed E-state index contributed by atoms with van der Waals surface area (Å²) in [4.78, 5) is 10.3. The van der Waals surface area contributed by atoms with Gasteiger partial charge in [-0.25, -0.2) is 4.39 Å². The lowest BCUT2D eigenvalue weighted by atomic mass is 10.0. The van der Waals surface area contributed by atoms with Crippen molar-refractivity contribution in [2.45, 2.75) is 6.04 Å². The first-order valence-corrected chi connectivity index (χ1v) is 5.06. The average molecular weight is 262 g/mol. The second-order valence-corrected chi connectivity index (χ2v) is 3.67. The molecule has 0 saturated carbocycles. The molecular formula is C10H13ClFN3O2. The van der Waals surface area contributed by atoms with Gasteiger partial charge in [-0.05, 0) is 12.1 Å². The lowest BCUT2D eigenvalue weighted by Gasteiger charge is -2.24. The smallest absolute Gasteiger partial charge is 0.277 e. The van der Waals surface area contributed by atoms with E-state index in [2.05, 4.69) is 10.6 Å². The van der Waals surface area contributed by atoms with Gasteiger partial charge in [0.15, 0.2) is 0 Å². The van der Waals surface area contributed by atoms with Crippen molar-refractivity contribution in [2.24, 2.45) is 0 Å². The van der Waals surface area contributed by atoms with Crippen LogP contribution in [0.15, 0.2) is 18.2 Å². The summed E-state index contributed by atoms with van der Waals surface area (Å²) in [5, 5.41) is 17.1. The van der Waals surface area contributed by atoms with Gasteiger partial charge >= 0.3 is 0 Å². The third-order valence-electron chi connectivity index (χ3n) is 2.61. The van der Waals surface area contributed by atoms with Crippen LogP contribution in [0.1, 0.15) is 11.6 Å². The van der Waals surface area contributed by atoms with Gasteiger partial charge in [-0.1, -0.05) is 0 Å². The molecular weight excluding hydrogens is 249 g/mol. The van der Waals surface area contributed by atoms with Crippen LogP contribution in [0.2, 0.25) is 0 Å².